The van der Waals surface area contributed by atoms with Crippen LogP contribution in [0.4, 0.5) is 11.4 Å². The van der Waals surface area contributed by atoms with Crippen LogP contribution in [0, 0.1) is 5.92 Å². The number of aliphatic hydroxyl groups is 1. The van der Waals surface area contributed by atoms with Crippen molar-refractivity contribution in [2.24, 2.45) is 5.92 Å². The molecule has 3 amide bonds. The molecule has 3 heterocycles. The summed E-state index contributed by atoms with van der Waals surface area (Å²) < 4.78 is 13.6. The first-order chi connectivity index (χ1) is 25.5. The summed E-state index contributed by atoms with van der Waals surface area (Å²) in [5.41, 5.74) is 2.80. The van der Waals surface area contributed by atoms with Gasteiger partial charge in [-0.25, -0.2) is 0 Å². The van der Waals surface area contributed by atoms with Gasteiger partial charge in [0, 0.05) is 47.7 Å². The minimum Gasteiger partial charge on any atom is -0.497 e. The normalized spacial score (nSPS) is 22.3. The molecule has 9 nitrogen and oxygen atoms in total. The third-order valence-corrected chi connectivity index (χ3v) is 16.4. The number of benzene rings is 4. The van der Waals surface area contributed by atoms with E-state index in [1.807, 2.05) is 89.8 Å². The lowest BCUT2D eigenvalue weighted by atomic mass is 9.82. The summed E-state index contributed by atoms with van der Waals surface area (Å²) in [6.07, 6.45) is 0.0354. The molecule has 3 aliphatic rings. The van der Waals surface area contributed by atoms with E-state index in [2.05, 4.69) is 48.1 Å². The Labute approximate surface area is 320 Å². The number of anilines is 2. The molecule has 0 saturated carbocycles. The van der Waals surface area contributed by atoms with Gasteiger partial charge >= 0.3 is 0 Å². The summed E-state index contributed by atoms with van der Waals surface area (Å²) in [6.45, 7) is 8.09. The number of hydrogen-bond donors (Lipinski definition) is 1. The molecular weight excluding hydrogens is 750 g/mol. The highest BCUT2D eigenvalue weighted by atomic mass is 79.9. The summed E-state index contributed by atoms with van der Waals surface area (Å²) in [7, 11) is -0.852. The second-order valence-corrected chi connectivity index (χ2v) is 20.5. The van der Waals surface area contributed by atoms with E-state index in [1.165, 1.54) is 5.19 Å². The lowest BCUT2D eigenvalue weighted by Crippen LogP contribution is -2.52. The summed E-state index contributed by atoms with van der Waals surface area (Å²) in [5, 5.41) is 11.2. The minimum absolute atomic E-state index is 0.0682. The maximum Gasteiger partial charge on any atom is 0.264 e. The van der Waals surface area contributed by atoms with Gasteiger partial charge in [0.15, 0.2) is 5.60 Å². The molecule has 3 aliphatic heterocycles. The zero-order valence-electron chi connectivity index (χ0n) is 30.6. The summed E-state index contributed by atoms with van der Waals surface area (Å²) in [6, 6.07) is 31.7. The number of hydrogen-bond acceptors (Lipinski definition) is 6. The minimum atomic E-state index is -2.50. The number of methoxy groups -OCH3 is 1. The number of amides is 3. The molecular formula is C42H46BrN3O6Si. The first-order valence-corrected chi connectivity index (χ1v) is 22.1. The van der Waals surface area contributed by atoms with Gasteiger partial charge in [-0.15, -0.1) is 0 Å². The topological polar surface area (TPSA) is 99.6 Å². The van der Waals surface area contributed by atoms with E-state index in [0.29, 0.717) is 26.1 Å². The van der Waals surface area contributed by atoms with Crippen LogP contribution < -0.4 is 19.7 Å². The summed E-state index contributed by atoms with van der Waals surface area (Å²) in [5.74, 6) is 0.287. The van der Waals surface area contributed by atoms with E-state index in [1.54, 1.807) is 16.9 Å². The van der Waals surface area contributed by atoms with Gasteiger partial charge in [0.05, 0.1) is 46.5 Å². The fourth-order valence-corrected chi connectivity index (χ4v) is 13.1. The van der Waals surface area contributed by atoms with Crippen LogP contribution in [0.25, 0.3) is 0 Å². The molecule has 4 aromatic rings. The lowest BCUT2D eigenvalue weighted by molar-refractivity contribution is -0.150. The highest BCUT2D eigenvalue weighted by Gasteiger charge is 2.66. The average Bonchev–Trinajstić information content (AvgIpc) is 3.57. The molecule has 276 valence electrons. The van der Waals surface area contributed by atoms with E-state index < -0.39 is 19.8 Å². The van der Waals surface area contributed by atoms with Crippen LogP contribution in [-0.2, 0) is 37.8 Å². The van der Waals surface area contributed by atoms with Gasteiger partial charge in [-0.3, -0.25) is 14.4 Å². The van der Waals surface area contributed by atoms with Crippen molar-refractivity contribution in [2.75, 3.05) is 36.6 Å². The van der Waals surface area contributed by atoms with Gasteiger partial charge in [0.1, 0.15) is 5.75 Å². The zero-order valence-corrected chi connectivity index (χ0v) is 33.2. The van der Waals surface area contributed by atoms with Crippen molar-refractivity contribution < 1.29 is 29.0 Å². The molecule has 1 spiro atoms. The highest BCUT2D eigenvalue weighted by molar-refractivity contribution is 9.10. The summed E-state index contributed by atoms with van der Waals surface area (Å²) >= 11 is 3.69. The van der Waals surface area contributed by atoms with Crippen molar-refractivity contribution in [3.05, 3.63) is 118 Å². The van der Waals surface area contributed by atoms with Crippen LogP contribution in [0.2, 0.25) is 18.6 Å². The van der Waals surface area contributed by atoms with Gasteiger partial charge in [-0.05, 0) is 59.1 Å². The van der Waals surface area contributed by atoms with Crippen LogP contribution in [0.3, 0.4) is 0 Å². The zero-order chi connectivity index (χ0) is 37.5. The Morgan fingerprint density at radius 2 is 1.74 bits per heavy atom. The number of nitrogens with zero attached hydrogens (tertiary/aromatic N) is 3. The number of halogens is 1. The van der Waals surface area contributed by atoms with E-state index in [0.717, 1.165) is 38.3 Å². The average molecular weight is 797 g/mol. The molecule has 0 aromatic heterocycles. The first kappa shape index (κ1) is 37.0. The van der Waals surface area contributed by atoms with E-state index in [-0.39, 0.29) is 48.8 Å². The van der Waals surface area contributed by atoms with E-state index in [4.69, 9.17) is 9.47 Å². The molecule has 2 saturated heterocycles. The molecule has 4 atom stereocenters. The predicted octanol–water partition coefficient (Wildman–Crippen LogP) is 6.37. The Hall–Kier alpha value is -4.29. The molecule has 0 bridgehead atoms. The Bertz CT molecular complexity index is 2010. The second-order valence-electron chi connectivity index (χ2n) is 14.9. The number of carbonyl (C=O) groups excluding carboxylic acids is 3. The summed E-state index contributed by atoms with van der Waals surface area (Å²) in [4.78, 5) is 47.1. The number of β-lactam (4-membered cyclic amide) rings is 1. The Morgan fingerprint density at radius 3 is 2.40 bits per heavy atom. The van der Waals surface area contributed by atoms with Crippen LogP contribution in [0.1, 0.15) is 36.5 Å². The number of aliphatic hydroxyl groups excluding tert-OH is 1. The molecule has 4 aromatic carbocycles. The Balaban J connectivity index is 1.28. The molecule has 7 rings (SSSR count). The molecule has 1 N–H and O–H groups in total. The third kappa shape index (κ3) is 6.73. The number of rotatable bonds is 12. The fourth-order valence-electron chi connectivity index (χ4n) is 8.75. The third-order valence-electron chi connectivity index (χ3n) is 11.5. The van der Waals surface area contributed by atoms with Gasteiger partial charge in [0.2, 0.25) is 11.8 Å². The van der Waals surface area contributed by atoms with Crippen LogP contribution in [0.5, 0.6) is 5.75 Å². The van der Waals surface area contributed by atoms with Crippen molar-refractivity contribution in [3.63, 3.8) is 0 Å². The molecule has 0 aliphatic carbocycles. The molecule has 0 unspecified atom stereocenters. The fraction of sp³-hybridized carbons (Fsp3) is 0.357. The van der Waals surface area contributed by atoms with Crippen molar-refractivity contribution >= 4 is 58.3 Å². The van der Waals surface area contributed by atoms with Crippen LogP contribution in [-0.4, -0.2) is 68.7 Å². The van der Waals surface area contributed by atoms with Crippen molar-refractivity contribution in [3.8, 4) is 5.75 Å². The molecule has 11 heteroatoms. The number of ether oxygens (including phenoxy) is 2. The Morgan fingerprint density at radius 1 is 1.00 bits per heavy atom. The van der Waals surface area contributed by atoms with Crippen molar-refractivity contribution in [2.45, 2.75) is 63.2 Å². The monoisotopic (exact) mass is 795 g/mol. The van der Waals surface area contributed by atoms with Gasteiger partial charge in [-0.1, -0.05) is 95.7 Å². The smallest absolute Gasteiger partial charge is 0.264 e. The lowest BCUT2D eigenvalue weighted by Gasteiger charge is -2.37. The van der Waals surface area contributed by atoms with Crippen LogP contribution >= 0.6 is 15.9 Å². The van der Waals surface area contributed by atoms with Crippen molar-refractivity contribution in [1.29, 1.82) is 0 Å². The molecule has 53 heavy (non-hydrogen) atoms. The van der Waals surface area contributed by atoms with Crippen LogP contribution in [0.15, 0.2) is 102 Å². The van der Waals surface area contributed by atoms with Gasteiger partial charge < -0.3 is 29.3 Å². The predicted molar refractivity (Wildman–Crippen MR) is 212 cm³/mol. The molecule has 2 fully saturated rings. The maximum absolute atomic E-state index is 15.2. The first-order valence-electron chi connectivity index (χ1n) is 18.2. The highest BCUT2D eigenvalue weighted by Crippen LogP contribution is 2.60. The standard InChI is InChI=1S/C42H46BrN3O6Si/c1-28-40(53(3,4)34-16-14-33(51-2)15-17-34)37(25-39(49)44(21-22-47)26-29-9-6-5-7-10-29)52-42(28)35-24-31(43)13-18-36(35)46(41(42)50)27-30-11-8-12-32(23-30)45-20-19-38(45)48/h5-18,23-24,28,37,40,47H,19-22,25-27H2,1-4H3/t28-,37+,40-,42+/m0/s1. The largest absolute Gasteiger partial charge is 0.497 e. The SMILES string of the molecule is COc1ccc([Si](C)(C)[C@@H]2[C@@H](CC(=O)N(CCO)Cc3ccccc3)O[C@]3(C(=O)N(Cc4cccc(N5CCC5=O)c4)c4ccc(Br)cc43)[C@H]2C)cc1. The molecule has 0 radical (unpaired) electrons. The maximum atomic E-state index is 15.2. The second kappa shape index (κ2) is 14.9. The quantitative estimate of drug-likeness (QED) is 0.132. The Kier molecular flexibility index (Phi) is 10.4. The van der Waals surface area contributed by atoms with Gasteiger partial charge in [-0.2, -0.15) is 0 Å². The van der Waals surface area contributed by atoms with Crippen molar-refractivity contribution in [1.82, 2.24) is 4.90 Å². The van der Waals surface area contributed by atoms with E-state index >= 15 is 4.79 Å². The van der Waals surface area contributed by atoms with Gasteiger partial charge in [0.25, 0.3) is 5.91 Å². The number of carbonyl (C=O) groups is 3. The van der Waals surface area contributed by atoms with E-state index in [9.17, 15) is 14.7 Å². The number of fused-ring (bicyclic) bond motifs is 2.